The average molecular weight is 365 g/mol. The lowest BCUT2D eigenvalue weighted by Gasteiger charge is -2.05. The van der Waals surface area contributed by atoms with E-state index < -0.39 is 17.7 Å². The molecule has 0 aromatic carbocycles. The summed E-state index contributed by atoms with van der Waals surface area (Å²) in [4.78, 5) is 34.5. The molecule has 0 spiro atoms. The van der Waals surface area contributed by atoms with Crippen LogP contribution in [0.1, 0.15) is 16.9 Å². The third-order valence-corrected chi connectivity index (χ3v) is 5.70. The van der Waals surface area contributed by atoms with Crippen molar-refractivity contribution in [2.45, 2.75) is 13.3 Å². The molecule has 0 aliphatic rings. The number of nitrogens with one attached hydrogen (secondary N) is 2. The van der Waals surface area contributed by atoms with Crippen LogP contribution in [0, 0.1) is 6.92 Å². The number of hydrogen-bond donors (Lipinski definition) is 2. The summed E-state index contributed by atoms with van der Waals surface area (Å²) in [6.07, 6.45) is -2.75. The van der Waals surface area contributed by atoms with Gasteiger partial charge in [0.25, 0.3) is 12.0 Å². The van der Waals surface area contributed by atoms with Gasteiger partial charge in [0.2, 0.25) is 0 Å². The van der Waals surface area contributed by atoms with E-state index in [4.69, 9.17) is 0 Å². The van der Waals surface area contributed by atoms with Crippen molar-refractivity contribution in [3.8, 4) is 10.6 Å². The molecule has 24 heavy (non-hydrogen) atoms. The van der Waals surface area contributed by atoms with Crippen molar-refractivity contribution in [2.75, 3.05) is 0 Å². The standard InChI is InChI=1S/C15H9F2N3O2S2/c1-5-2-3-8(23-5)7-4-6(12(16)17)9-10-11(24-14(9)18-7)13(21)20-15(22)19-10/h2-4,12H,1H3,(H2,19,20,21,22). The molecule has 0 aliphatic heterocycles. The monoisotopic (exact) mass is 365 g/mol. The summed E-state index contributed by atoms with van der Waals surface area (Å²) in [6, 6.07) is 5.04. The molecular weight excluding hydrogens is 356 g/mol. The molecule has 4 aromatic rings. The number of hydrogen-bond acceptors (Lipinski definition) is 5. The lowest BCUT2D eigenvalue weighted by atomic mass is 10.1. The highest BCUT2D eigenvalue weighted by Crippen LogP contribution is 2.39. The minimum absolute atomic E-state index is 0.112. The van der Waals surface area contributed by atoms with Crippen LogP contribution in [0.25, 0.3) is 31.0 Å². The molecular formula is C15H9F2N3O2S2. The van der Waals surface area contributed by atoms with E-state index in [-0.39, 0.29) is 21.2 Å². The van der Waals surface area contributed by atoms with E-state index in [0.29, 0.717) is 10.5 Å². The van der Waals surface area contributed by atoms with Gasteiger partial charge in [-0.3, -0.25) is 9.78 Å². The van der Waals surface area contributed by atoms with E-state index in [1.165, 1.54) is 17.4 Å². The minimum Gasteiger partial charge on any atom is -0.305 e. The van der Waals surface area contributed by atoms with Gasteiger partial charge < -0.3 is 4.98 Å². The number of halogens is 2. The van der Waals surface area contributed by atoms with E-state index in [2.05, 4.69) is 15.0 Å². The Morgan fingerprint density at radius 2 is 1.96 bits per heavy atom. The van der Waals surface area contributed by atoms with Crippen LogP contribution >= 0.6 is 22.7 Å². The van der Waals surface area contributed by atoms with Gasteiger partial charge in [-0.1, -0.05) is 0 Å². The molecule has 4 heterocycles. The highest BCUT2D eigenvalue weighted by molar-refractivity contribution is 7.25. The summed E-state index contributed by atoms with van der Waals surface area (Å²) >= 11 is 2.44. The molecule has 0 saturated carbocycles. The van der Waals surface area contributed by atoms with Crippen LogP contribution < -0.4 is 11.2 Å². The Kier molecular flexibility index (Phi) is 3.36. The fourth-order valence-electron chi connectivity index (χ4n) is 2.58. The molecule has 2 N–H and O–H groups in total. The summed E-state index contributed by atoms with van der Waals surface area (Å²) in [5.41, 5.74) is -1.04. The van der Waals surface area contributed by atoms with Crippen molar-refractivity contribution in [3.63, 3.8) is 0 Å². The van der Waals surface area contributed by atoms with E-state index in [1.807, 2.05) is 19.1 Å². The molecule has 0 aliphatic carbocycles. The summed E-state index contributed by atoms with van der Waals surface area (Å²) in [5.74, 6) is 0. The Balaban J connectivity index is 2.15. The van der Waals surface area contributed by atoms with Gasteiger partial charge >= 0.3 is 5.69 Å². The SMILES string of the molecule is Cc1ccc(-c2cc(C(F)F)c3c(n2)sc2c(=O)[nH]c(=O)[nH]c23)s1. The predicted octanol–water partition coefficient (Wildman–Crippen LogP) is 3.80. The summed E-state index contributed by atoms with van der Waals surface area (Å²) in [7, 11) is 0. The van der Waals surface area contributed by atoms with E-state index in [0.717, 1.165) is 21.1 Å². The van der Waals surface area contributed by atoms with Gasteiger partial charge in [0.15, 0.2) is 0 Å². The smallest absolute Gasteiger partial charge is 0.305 e. The zero-order valence-corrected chi connectivity index (χ0v) is 13.8. The van der Waals surface area contributed by atoms with Crippen LogP contribution in [0.2, 0.25) is 0 Å². The van der Waals surface area contributed by atoms with Crippen molar-refractivity contribution in [2.24, 2.45) is 0 Å². The summed E-state index contributed by atoms with van der Waals surface area (Å²) in [6.45, 7) is 1.92. The van der Waals surface area contributed by atoms with Gasteiger partial charge in [0.1, 0.15) is 9.53 Å². The average Bonchev–Trinajstić information content (AvgIpc) is 3.10. The second-order valence-electron chi connectivity index (χ2n) is 5.20. The number of pyridine rings is 1. The Hall–Kier alpha value is -2.39. The topological polar surface area (TPSA) is 78.6 Å². The predicted molar refractivity (Wildman–Crippen MR) is 91.4 cm³/mol. The molecule has 5 nitrogen and oxygen atoms in total. The largest absolute Gasteiger partial charge is 0.326 e. The lowest BCUT2D eigenvalue weighted by molar-refractivity contribution is 0.153. The molecule has 0 bridgehead atoms. The van der Waals surface area contributed by atoms with Crippen LogP contribution in [0.15, 0.2) is 27.8 Å². The fraction of sp³-hybridized carbons (Fsp3) is 0.133. The second-order valence-corrected chi connectivity index (χ2v) is 7.49. The third-order valence-electron chi connectivity index (χ3n) is 3.59. The number of thiophene rings is 2. The number of rotatable bonds is 2. The maximum absolute atomic E-state index is 13.6. The second kappa shape index (κ2) is 5.32. The Morgan fingerprint density at radius 3 is 2.62 bits per heavy atom. The first-order valence-electron chi connectivity index (χ1n) is 6.89. The van der Waals surface area contributed by atoms with Gasteiger partial charge in [-0.15, -0.1) is 22.7 Å². The van der Waals surface area contributed by atoms with Crippen molar-refractivity contribution < 1.29 is 8.78 Å². The van der Waals surface area contributed by atoms with Crippen molar-refractivity contribution in [1.82, 2.24) is 15.0 Å². The first-order chi connectivity index (χ1) is 11.4. The molecule has 122 valence electrons. The first-order valence-corrected chi connectivity index (χ1v) is 8.52. The van der Waals surface area contributed by atoms with E-state index >= 15 is 0 Å². The molecule has 0 amide bonds. The van der Waals surface area contributed by atoms with Crippen LogP contribution in [0.3, 0.4) is 0 Å². The highest BCUT2D eigenvalue weighted by atomic mass is 32.1. The van der Waals surface area contributed by atoms with Gasteiger partial charge in [0.05, 0.1) is 16.1 Å². The van der Waals surface area contributed by atoms with Gasteiger partial charge in [-0.2, -0.15) is 0 Å². The number of nitrogens with zero attached hydrogens (tertiary/aromatic N) is 1. The van der Waals surface area contributed by atoms with Crippen LogP contribution in [-0.4, -0.2) is 15.0 Å². The molecule has 0 unspecified atom stereocenters. The number of alkyl halides is 2. The van der Waals surface area contributed by atoms with Crippen molar-refractivity contribution in [1.29, 1.82) is 0 Å². The summed E-state index contributed by atoms with van der Waals surface area (Å²) < 4.78 is 27.4. The van der Waals surface area contributed by atoms with Gasteiger partial charge in [-0.05, 0) is 25.1 Å². The normalized spacial score (nSPS) is 11.8. The number of aromatic nitrogens is 3. The number of H-pyrrole nitrogens is 2. The maximum atomic E-state index is 13.6. The van der Waals surface area contributed by atoms with Gasteiger partial charge in [0, 0.05) is 15.8 Å². The minimum atomic E-state index is -2.75. The molecule has 4 rings (SSSR count). The van der Waals surface area contributed by atoms with E-state index in [1.54, 1.807) is 0 Å². The van der Waals surface area contributed by atoms with Crippen LogP contribution in [-0.2, 0) is 0 Å². The highest BCUT2D eigenvalue weighted by Gasteiger charge is 2.21. The third kappa shape index (κ3) is 2.28. The van der Waals surface area contributed by atoms with Crippen molar-refractivity contribution in [3.05, 3.63) is 49.5 Å². The van der Waals surface area contributed by atoms with E-state index in [9.17, 15) is 18.4 Å². The number of aryl methyl sites for hydroxylation is 1. The van der Waals surface area contributed by atoms with Gasteiger partial charge in [-0.25, -0.2) is 18.6 Å². The van der Waals surface area contributed by atoms with Crippen LogP contribution in [0.5, 0.6) is 0 Å². The molecule has 0 radical (unpaired) electrons. The lowest BCUT2D eigenvalue weighted by Crippen LogP contribution is -2.20. The van der Waals surface area contributed by atoms with Crippen LogP contribution in [0.4, 0.5) is 8.78 Å². The molecule has 4 aromatic heterocycles. The first kappa shape index (κ1) is 15.2. The number of fused-ring (bicyclic) bond motifs is 3. The Morgan fingerprint density at radius 1 is 1.17 bits per heavy atom. The molecule has 0 fully saturated rings. The molecule has 9 heteroatoms. The fourth-order valence-corrected chi connectivity index (χ4v) is 4.47. The molecule has 0 saturated heterocycles. The zero-order chi connectivity index (χ0) is 17.0. The number of aromatic amines is 2. The Bertz CT molecular complexity index is 1200. The quantitative estimate of drug-likeness (QED) is 0.567. The Labute approximate surface area is 140 Å². The molecule has 0 atom stereocenters. The summed E-state index contributed by atoms with van der Waals surface area (Å²) in [5, 5.41) is 0.130. The van der Waals surface area contributed by atoms with Crippen molar-refractivity contribution >= 4 is 43.1 Å². The maximum Gasteiger partial charge on any atom is 0.326 e. The zero-order valence-electron chi connectivity index (χ0n) is 12.1.